The lowest BCUT2D eigenvalue weighted by atomic mass is 9.82. The van der Waals surface area contributed by atoms with E-state index in [4.69, 9.17) is 4.74 Å². The van der Waals surface area contributed by atoms with Gasteiger partial charge >= 0.3 is 0 Å². The number of rotatable bonds is 4. The second kappa shape index (κ2) is 4.75. The highest BCUT2D eigenvalue weighted by molar-refractivity contribution is 5.61. The average Bonchev–Trinajstić information content (AvgIpc) is 2.19. The highest BCUT2D eigenvalue weighted by Crippen LogP contribution is 2.30. The molecule has 2 nitrogen and oxygen atoms in total. The van der Waals surface area contributed by atoms with Gasteiger partial charge in [0.1, 0.15) is 5.60 Å². The molecule has 0 aromatic carbocycles. The third kappa shape index (κ3) is 3.11. The molecule has 13 heavy (non-hydrogen) atoms. The molecule has 1 aliphatic rings. The monoisotopic (exact) mass is 184 g/mol. The van der Waals surface area contributed by atoms with Crippen LogP contribution in [0.2, 0.25) is 0 Å². The van der Waals surface area contributed by atoms with E-state index in [0.717, 1.165) is 12.7 Å². The summed E-state index contributed by atoms with van der Waals surface area (Å²) in [5, 5.41) is 0. The zero-order valence-electron chi connectivity index (χ0n) is 8.71. The van der Waals surface area contributed by atoms with E-state index in [1.54, 1.807) is 7.11 Å². The lowest BCUT2D eigenvalue weighted by molar-refractivity contribution is -0.127. The van der Waals surface area contributed by atoms with Gasteiger partial charge in [-0.25, -0.2) is 0 Å². The quantitative estimate of drug-likeness (QED) is 0.628. The molecule has 0 spiro atoms. The number of hydrogen-bond donors (Lipinski definition) is 0. The Morgan fingerprint density at radius 2 is 2.00 bits per heavy atom. The van der Waals surface area contributed by atoms with Crippen LogP contribution in [0.4, 0.5) is 0 Å². The minimum Gasteiger partial charge on any atom is -0.371 e. The molecule has 76 valence electrons. The van der Waals surface area contributed by atoms with E-state index in [2.05, 4.69) is 0 Å². The zero-order chi connectivity index (χ0) is 9.73. The molecule has 1 rings (SSSR count). The molecule has 1 atom stereocenters. The molecule has 0 radical (unpaired) electrons. The highest BCUT2D eigenvalue weighted by Gasteiger charge is 2.28. The summed E-state index contributed by atoms with van der Waals surface area (Å²) in [6, 6.07) is 0. The molecule has 0 saturated heterocycles. The van der Waals surface area contributed by atoms with Gasteiger partial charge in [0, 0.05) is 7.11 Å². The van der Waals surface area contributed by atoms with Gasteiger partial charge in [-0.3, -0.25) is 0 Å². The number of ether oxygens (including phenoxy) is 1. The molecule has 1 fully saturated rings. The molecule has 0 amide bonds. The van der Waals surface area contributed by atoms with E-state index in [0.29, 0.717) is 5.92 Å². The van der Waals surface area contributed by atoms with Crippen LogP contribution in [0.1, 0.15) is 45.4 Å². The first-order valence-electron chi connectivity index (χ1n) is 5.22. The Bertz CT molecular complexity index is 161. The van der Waals surface area contributed by atoms with Gasteiger partial charge in [-0.05, 0) is 19.3 Å². The van der Waals surface area contributed by atoms with Gasteiger partial charge in [-0.2, -0.15) is 0 Å². The lowest BCUT2D eigenvalue weighted by Gasteiger charge is -2.29. The zero-order valence-corrected chi connectivity index (χ0v) is 8.71. The predicted molar refractivity (Wildman–Crippen MR) is 52.7 cm³/mol. The van der Waals surface area contributed by atoms with Crippen LogP contribution < -0.4 is 0 Å². The van der Waals surface area contributed by atoms with Crippen LogP contribution >= 0.6 is 0 Å². The molecule has 0 aliphatic heterocycles. The van der Waals surface area contributed by atoms with E-state index in [1.165, 1.54) is 32.1 Å². The van der Waals surface area contributed by atoms with E-state index in [9.17, 15) is 4.79 Å². The number of hydrogen-bond acceptors (Lipinski definition) is 2. The summed E-state index contributed by atoms with van der Waals surface area (Å²) in [5.41, 5.74) is -0.540. The Morgan fingerprint density at radius 1 is 1.38 bits per heavy atom. The molecule has 1 aliphatic carbocycles. The second-order valence-electron chi connectivity index (χ2n) is 4.34. The van der Waals surface area contributed by atoms with E-state index >= 15 is 0 Å². The Kier molecular flexibility index (Phi) is 3.91. The van der Waals surface area contributed by atoms with Crippen molar-refractivity contribution in [2.45, 2.75) is 51.0 Å². The van der Waals surface area contributed by atoms with Crippen LogP contribution in [0, 0.1) is 5.92 Å². The summed E-state index contributed by atoms with van der Waals surface area (Å²) < 4.78 is 5.22. The van der Waals surface area contributed by atoms with Crippen molar-refractivity contribution in [2.24, 2.45) is 5.92 Å². The van der Waals surface area contributed by atoms with Crippen LogP contribution in [0.25, 0.3) is 0 Å². The van der Waals surface area contributed by atoms with Crippen LogP contribution in [0.3, 0.4) is 0 Å². The maximum Gasteiger partial charge on any atom is 0.151 e. The Hall–Kier alpha value is -0.370. The summed E-state index contributed by atoms with van der Waals surface area (Å²) in [5.74, 6) is 0.698. The van der Waals surface area contributed by atoms with Crippen molar-refractivity contribution in [1.29, 1.82) is 0 Å². The fourth-order valence-corrected chi connectivity index (χ4v) is 2.14. The summed E-state index contributed by atoms with van der Waals surface area (Å²) >= 11 is 0. The number of carbonyl (C=O) groups excluding carboxylic acids is 1. The van der Waals surface area contributed by atoms with E-state index < -0.39 is 5.60 Å². The van der Waals surface area contributed by atoms with Gasteiger partial charge in [0.05, 0.1) is 0 Å². The van der Waals surface area contributed by atoms with Gasteiger partial charge in [-0.15, -0.1) is 0 Å². The smallest absolute Gasteiger partial charge is 0.151 e. The van der Waals surface area contributed by atoms with Gasteiger partial charge in [0.2, 0.25) is 0 Å². The normalized spacial score (nSPS) is 23.8. The molecule has 0 N–H and O–H groups in total. The second-order valence-corrected chi connectivity index (χ2v) is 4.34. The van der Waals surface area contributed by atoms with Gasteiger partial charge in [0.25, 0.3) is 0 Å². The summed E-state index contributed by atoms with van der Waals surface area (Å²) in [6.07, 6.45) is 8.39. The molecule has 1 saturated carbocycles. The Balaban J connectivity index is 2.40. The third-order valence-electron chi connectivity index (χ3n) is 3.13. The molecule has 0 heterocycles. The summed E-state index contributed by atoms with van der Waals surface area (Å²) in [6.45, 7) is 1.88. The molecular formula is C11H20O2. The maximum absolute atomic E-state index is 10.8. The maximum atomic E-state index is 10.8. The van der Waals surface area contributed by atoms with Gasteiger partial charge in [0.15, 0.2) is 6.29 Å². The predicted octanol–water partition coefficient (Wildman–Crippen LogP) is 2.56. The van der Waals surface area contributed by atoms with Crippen molar-refractivity contribution in [3.05, 3.63) is 0 Å². The Morgan fingerprint density at radius 3 is 2.46 bits per heavy atom. The van der Waals surface area contributed by atoms with Gasteiger partial charge in [-0.1, -0.05) is 32.1 Å². The average molecular weight is 184 g/mol. The molecule has 0 bridgehead atoms. The first-order valence-corrected chi connectivity index (χ1v) is 5.22. The molecular weight excluding hydrogens is 164 g/mol. The standard InChI is InChI=1S/C11H20O2/c1-11(9-12,13-2)8-10-6-4-3-5-7-10/h9-10H,3-8H2,1-2H3. The fourth-order valence-electron chi connectivity index (χ4n) is 2.14. The minimum atomic E-state index is -0.540. The third-order valence-corrected chi connectivity index (χ3v) is 3.13. The van der Waals surface area contributed by atoms with Crippen LogP contribution in [-0.2, 0) is 9.53 Å². The molecule has 0 aromatic heterocycles. The van der Waals surface area contributed by atoms with Crippen molar-refractivity contribution >= 4 is 6.29 Å². The number of aldehydes is 1. The van der Waals surface area contributed by atoms with E-state index in [-0.39, 0.29) is 0 Å². The summed E-state index contributed by atoms with van der Waals surface area (Å²) in [4.78, 5) is 10.8. The van der Waals surface area contributed by atoms with Crippen molar-refractivity contribution in [3.8, 4) is 0 Å². The number of carbonyl (C=O) groups is 1. The molecule has 0 aromatic rings. The van der Waals surface area contributed by atoms with Crippen molar-refractivity contribution in [1.82, 2.24) is 0 Å². The number of methoxy groups -OCH3 is 1. The topological polar surface area (TPSA) is 26.3 Å². The van der Waals surface area contributed by atoms with Crippen LogP contribution in [0.5, 0.6) is 0 Å². The first-order chi connectivity index (χ1) is 6.20. The summed E-state index contributed by atoms with van der Waals surface area (Å²) in [7, 11) is 1.62. The largest absolute Gasteiger partial charge is 0.371 e. The Labute approximate surface area is 80.7 Å². The molecule has 1 unspecified atom stereocenters. The van der Waals surface area contributed by atoms with Crippen molar-refractivity contribution in [2.75, 3.05) is 7.11 Å². The minimum absolute atomic E-state index is 0.540. The van der Waals surface area contributed by atoms with Crippen molar-refractivity contribution in [3.63, 3.8) is 0 Å². The fraction of sp³-hybridized carbons (Fsp3) is 0.909. The highest BCUT2D eigenvalue weighted by atomic mass is 16.5. The van der Waals surface area contributed by atoms with Crippen LogP contribution in [-0.4, -0.2) is 19.0 Å². The van der Waals surface area contributed by atoms with Crippen molar-refractivity contribution < 1.29 is 9.53 Å². The SMILES string of the molecule is COC(C)(C=O)CC1CCCCC1. The van der Waals surface area contributed by atoms with E-state index in [1.807, 2.05) is 6.92 Å². The first kappa shape index (κ1) is 10.7. The van der Waals surface area contributed by atoms with Gasteiger partial charge < -0.3 is 9.53 Å². The molecule has 2 heteroatoms. The lowest BCUT2D eigenvalue weighted by Crippen LogP contribution is -2.32. The van der Waals surface area contributed by atoms with Crippen LogP contribution in [0.15, 0.2) is 0 Å².